The van der Waals surface area contributed by atoms with Crippen LogP contribution >= 0.6 is 0 Å². The predicted octanol–water partition coefficient (Wildman–Crippen LogP) is 2.72. The van der Waals surface area contributed by atoms with Crippen LogP contribution in [-0.4, -0.2) is 55.2 Å². The Kier molecular flexibility index (Phi) is 6.50. The number of aromatic hydroxyl groups is 1. The number of phenols is 1. The molecule has 26 heavy (non-hydrogen) atoms. The third-order valence-electron chi connectivity index (χ3n) is 4.83. The van der Waals surface area contributed by atoms with Gasteiger partial charge in [0.25, 0.3) is 5.91 Å². The highest BCUT2D eigenvalue weighted by atomic mass is 16.3. The van der Waals surface area contributed by atoms with Crippen LogP contribution in [0.25, 0.3) is 0 Å². The molecule has 138 valence electrons. The maximum absolute atomic E-state index is 12.0. The molecule has 0 radical (unpaired) electrons. The summed E-state index contributed by atoms with van der Waals surface area (Å²) in [7, 11) is 0. The summed E-state index contributed by atoms with van der Waals surface area (Å²) in [5, 5.41) is 12.6. The van der Waals surface area contributed by atoms with Crippen LogP contribution in [0.15, 0.2) is 54.6 Å². The van der Waals surface area contributed by atoms with Crippen LogP contribution in [0, 0.1) is 0 Å². The highest BCUT2D eigenvalue weighted by molar-refractivity contribution is 5.96. The fourth-order valence-electron chi connectivity index (χ4n) is 3.29. The molecule has 0 bridgehead atoms. The minimum absolute atomic E-state index is 0.0290. The Morgan fingerprint density at radius 3 is 2.35 bits per heavy atom. The van der Waals surface area contributed by atoms with Crippen molar-refractivity contribution in [2.75, 3.05) is 44.2 Å². The molecule has 1 saturated heterocycles. The molecule has 1 fully saturated rings. The largest absolute Gasteiger partial charge is 0.507 e. The second-order valence-corrected chi connectivity index (χ2v) is 6.64. The fraction of sp³-hybridized carbons (Fsp3) is 0.381. The molecule has 0 unspecified atom stereocenters. The van der Waals surface area contributed by atoms with Gasteiger partial charge in [-0.3, -0.25) is 9.69 Å². The van der Waals surface area contributed by atoms with Crippen molar-refractivity contribution in [3.63, 3.8) is 0 Å². The average Bonchev–Trinajstić information content (AvgIpc) is 2.69. The fourth-order valence-corrected chi connectivity index (χ4v) is 3.29. The Labute approximate surface area is 155 Å². The molecule has 0 spiro atoms. The number of hydrogen-bond acceptors (Lipinski definition) is 4. The van der Waals surface area contributed by atoms with E-state index >= 15 is 0 Å². The lowest BCUT2D eigenvalue weighted by atomic mass is 10.2. The van der Waals surface area contributed by atoms with E-state index in [0.29, 0.717) is 12.1 Å². The third kappa shape index (κ3) is 4.99. The number of para-hydroxylation sites is 2. The van der Waals surface area contributed by atoms with Crippen LogP contribution < -0.4 is 10.2 Å². The van der Waals surface area contributed by atoms with Crippen LogP contribution in [0.2, 0.25) is 0 Å². The molecule has 0 atom stereocenters. The van der Waals surface area contributed by atoms with Crippen molar-refractivity contribution in [3.05, 3.63) is 60.2 Å². The normalized spacial score (nSPS) is 15.0. The molecular weight excluding hydrogens is 326 g/mol. The molecule has 1 aliphatic rings. The zero-order valence-electron chi connectivity index (χ0n) is 15.1. The Morgan fingerprint density at radius 2 is 1.62 bits per heavy atom. The lowest BCUT2D eigenvalue weighted by molar-refractivity contribution is 0.0950. The van der Waals surface area contributed by atoms with Gasteiger partial charge < -0.3 is 15.3 Å². The molecule has 0 aliphatic carbocycles. The van der Waals surface area contributed by atoms with E-state index in [1.165, 1.54) is 11.8 Å². The summed E-state index contributed by atoms with van der Waals surface area (Å²) < 4.78 is 0. The van der Waals surface area contributed by atoms with E-state index < -0.39 is 0 Å². The van der Waals surface area contributed by atoms with Crippen LogP contribution in [0.1, 0.15) is 23.2 Å². The zero-order chi connectivity index (χ0) is 18.2. The number of phenolic OH excluding ortho intramolecular Hbond substituents is 1. The summed E-state index contributed by atoms with van der Waals surface area (Å²) in [5.74, 6) is -0.180. The number of benzene rings is 2. The third-order valence-corrected chi connectivity index (χ3v) is 4.83. The number of carbonyl (C=O) groups excluding carboxylic acids is 1. The minimum Gasteiger partial charge on any atom is -0.507 e. The maximum Gasteiger partial charge on any atom is 0.255 e. The summed E-state index contributed by atoms with van der Waals surface area (Å²) >= 11 is 0. The van der Waals surface area contributed by atoms with Gasteiger partial charge in [0.05, 0.1) is 5.56 Å². The highest BCUT2D eigenvalue weighted by Crippen LogP contribution is 2.16. The molecule has 5 heteroatoms. The van der Waals surface area contributed by atoms with Crippen molar-refractivity contribution in [2.24, 2.45) is 0 Å². The van der Waals surface area contributed by atoms with Crippen molar-refractivity contribution in [1.29, 1.82) is 0 Å². The molecule has 1 amide bonds. The summed E-state index contributed by atoms with van der Waals surface area (Å²) in [6.07, 6.45) is 2.00. The standard InChI is InChI=1S/C21H27N3O2/c25-20-11-5-4-10-19(20)21(26)22-12-6-7-13-23-14-16-24(17-15-23)18-8-2-1-3-9-18/h1-5,8-11,25H,6-7,12-17H2,(H,22,26). The number of unbranched alkanes of at least 4 members (excludes halogenated alkanes) is 1. The van der Waals surface area contributed by atoms with Crippen molar-refractivity contribution in [1.82, 2.24) is 10.2 Å². The molecule has 2 aromatic carbocycles. The van der Waals surface area contributed by atoms with Gasteiger partial charge in [0.2, 0.25) is 0 Å². The van der Waals surface area contributed by atoms with Crippen molar-refractivity contribution < 1.29 is 9.90 Å². The number of nitrogens with one attached hydrogen (secondary N) is 1. The van der Waals surface area contributed by atoms with Crippen molar-refractivity contribution in [2.45, 2.75) is 12.8 Å². The lowest BCUT2D eigenvalue weighted by Gasteiger charge is -2.36. The first-order valence-electron chi connectivity index (χ1n) is 9.32. The van der Waals surface area contributed by atoms with Gasteiger partial charge in [-0.2, -0.15) is 0 Å². The zero-order valence-corrected chi connectivity index (χ0v) is 15.1. The molecular formula is C21H27N3O2. The number of amides is 1. The van der Waals surface area contributed by atoms with E-state index in [4.69, 9.17) is 0 Å². The van der Waals surface area contributed by atoms with Crippen molar-refractivity contribution in [3.8, 4) is 5.75 Å². The molecule has 0 aromatic heterocycles. The predicted molar refractivity (Wildman–Crippen MR) is 105 cm³/mol. The van der Waals surface area contributed by atoms with Gasteiger partial charge >= 0.3 is 0 Å². The Balaban J connectivity index is 1.30. The number of piperazine rings is 1. The monoisotopic (exact) mass is 353 g/mol. The van der Waals surface area contributed by atoms with E-state index in [9.17, 15) is 9.90 Å². The molecule has 2 aromatic rings. The quantitative estimate of drug-likeness (QED) is 0.752. The first-order valence-corrected chi connectivity index (χ1v) is 9.32. The van der Waals surface area contributed by atoms with E-state index in [2.05, 4.69) is 45.4 Å². The van der Waals surface area contributed by atoms with E-state index in [1.807, 2.05) is 0 Å². The average molecular weight is 353 g/mol. The highest BCUT2D eigenvalue weighted by Gasteiger charge is 2.16. The van der Waals surface area contributed by atoms with E-state index in [0.717, 1.165) is 45.6 Å². The van der Waals surface area contributed by atoms with Gasteiger partial charge in [-0.1, -0.05) is 30.3 Å². The topological polar surface area (TPSA) is 55.8 Å². The molecule has 0 saturated carbocycles. The summed E-state index contributed by atoms with van der Waals surface area (Å²) in [5.41, 5.74) is 1.64. The smallest absolute Gasteiger partial charge is 0.255 e. The van der Waals surface area contributed by atoms with Crippen LogP contribution in [0.5, 0.6) is 5.75 Å². The van der Waals surface area contributed by atoms with Crippen molar-refractivity contribution >= 4 is 11.6 Å². The number of hydrogen-bond donors (Lipinski definition) is 2. The second kappa shape index (κ2) is 9.25. The number of rotatable bonds is 7. The van der Waals surface area contributed by atoms with Gasteiger partial charge in [0.1, 0.15) is 5.75 Å². The van der Waals surface area contributed by atoms with E-state index in [1.54, 1.807) is 18.2 Å². The molecule has 5 nitrogen and oxygen atoms in total. The first kappa shape index (κ1) is 18.3. The Morgan fingerprint density at radius 1 is 0.923 bits per heavy atom. The van der Waals surface area contributed by atoms with Crippen LogP contribution in [0.4, 0.5) is 5.69 Å². The summed E-state index contributed by atoms with van der Waals surface area (Å²) in [4.78, 5) is 16.9. The first-order chi connectivity index (χ1) is 12.7. The SMILES string of the molecule is O=C(NCCCCN1CCN(c2ccccc2)CC1)c1ccccc1O. The number of anilines is 1. The summed E-state index contributed by atoms with van der Waals surface area (Å²) in [6.45, 7) is 5.99. The van der Waals surface area contributed by atoms with Gasteiger partial charge in [0.15, 0.2) is 0 Å². The van der Waals surface area contributed by atoms with Gasteiger partial charge in [-0.25, -0.2) is 0 Å². The minimum atomic E-state index is -0.209. The number of carbonyl (C=O) groups is 1. The van der Waals surface area contributed by atoms with Gasteiger partial charge in [-0.15, -0.1) is 0 Å². The Bertz CT molecular complexity index is 697. The molecule has 1 aliphatic heterocycles. The molecule has 2 N–H and O–H groups in total. The molecule has 3 rings (SSSR count). The van der Waals surface area contributed by atoms with Crippen LogP contribution in [-0.2, 0) is 0 Å². The van der Waals surface area contributed by atoms with Gasteiger partial charge in [0, 0.05) is 38.4 Å². The van der Waals surface area contributed by atoms with Crippen LogP contribution in [0.3, 0.4) is 0 Å². The Hall–Kier alpha value is -2.53. The second-order valence-electron chi connectivity index (χ2n) is 6.64. The van der Waals surface area contributed by atoms with E-state index in [-0.39, 0.29) is 11.7 Å². The molecule has 1 heterocycles. The summed E-state index contributed by atoms with van der Waals surface area (Å²) in [6, 6.07) is 17.2. The number of nitrogens with zero attached hydrogens (tertiary/aromatic N) is 2. The lowest BCUT2D eigenvalue weighted by Crippen LogP contribution is -2.46. The maximum atomic E-state index is 12.0. The van der Waals surface area contributed by atoms with Gasteiger partial charge in [-0.05, 0) is 43.7 Å².